The third kappa shape index (κ3) is 4.75. The van der Waals surface area contributed by atoms with Crippen LogP contribution in [0.2, 0.25) is 0 Å². The Bertz CT molecular complexity index is 1210. The predicted octanol–water partition coefficient (Wildman–Crippen LogP) is 4.72. The van der Waals surface area contributed by atoms with E-state index < -0.39 is 0 Å². The predicted molar refractivity (Wildman–Crippen MR) is 120 cm³/mol. The summed E-state index contributed by atoms with van der Waals surface area (Å²) in [5, 5.41) is 10.0. The molecule has 4 rings (SSSR count). The van der Waals surface area contributed by atoms with Gasteiger partial charge in [-0.05, 0) is 61.0 Å². The van der Waals surface area contributed by atoms with Gasteiger partial charge in [-0.25, -0.2) is 4.68 Å². The van der Waals surface area contributed by atoms with Crippen molar-refractivity contribution in [2.75, 3.05) is 5.32 Å². The summed E-state index contributed by atoms with van der Waals surface area (Å²) in [5.41, 5.74) is 3.60. The van der Waals surface area contributed by atoms with Crippen LogP contribution in [0.5, 0.6) is 0 Å². The number of carbonyl (C=O) groups is 2. The van der Waals surface area contributed by atoms with Crippen LogP contribution in [0.15, 0.2) is 82.0 Å². The standard InChI is InChI=1S/C23H19BrN4O3/c1-15-20(14-26-28(15)19-9-7-17(24)8-10-19)22(29)25-13-16-4-2-5-18(12-16)27-23(30)21-6-3-11-31-21/h2-12,14H,13H2,1H3,(H,25,29)(H,27,30). The van der Waals surface area contributed by atoms with Crippen molar-refractivity contribution in [2.45, 2.75) is 13.5 Å². The molecule has 2 N–H and O–H groups in total. The highest BCUT2D eigenvalue weighted by Crippen LogP contribution is 2.18. The van der Waals surface area contributed by atoms with Gasteiger partial charge in [-0.15, -0.1) is 0 Å². The number of amides is 2. The maximum atomic E-state index is 12.7. The molecule has 0 spiro atoms. The Hall–Kier alpha value is -3.65. The molecule has 2 heterocycles. The van der Waals surface area contributed by atoms with Gasteiger partial charge < -0.3 is 15.1 Å². The molecule has 7 nitrogen and oxygen atoms in total. The van der Waals surface area contributed by atoms with Gasteiger partial charge in [0.25, 0.3) is 11.8 Å². The van der Waals surface area contributed by atoms with E-state index in [1.165, 1.54) is 6.26 Å². The van der Waals surface area contributed by atoms with Crippen molar-refractivity contribution in [3.05, 3.63) is 100 Å². The van der Waals surface area contributed by atoms with E-state index >= 15 is 0 Å². The molecule has 2 aromatic heterocycles. The molecular formula is C23H19BrN4O3. The molecule has 31 heavy (non-hydrogen) atoms. The highest BCUT2D eigenvalue weighted by atomic mass is 79.9. The average Bonchev–Trinajstić information content (AvgIpc) is 3.43. The molecule has 8 heteroatoms. The summed E-state index contributed by atoms with van der Waals surface area (Å²) in [6.45, 7) is 2.17. The normalized spacial score (nSPS) is 10.6. The SMILES string of the molecule is Cc1c(C(=O)NCc2cccc(NC(=O)c3ccco3)c2)cnn1-c1ccc(Br)cc1. The number of hydrogen-bond acceptors (Lipinski definition) is 4. The van der Waals surface area contributed by atoms with Crippen molar-refractivity contribution < 1.29 is 14.0 Å². The number of hydrogen-bond donors (Lipinski definition) is 2. The van der Waals surface area contributed by atoms with Gasteiger partial charge in [0, 0.05) is 16.7 Å². The number of benzene rings is 2. The first-order valence-corrected chi connectivity index (χ1v) is 10.3. The molecule has 0 atom stereocenters. The second kappa shape index (κ2) is 9.01. The van der Waals surface area contributed by atoms with Gasteiger partial charge in [-0.1, -0.05) is 28.1 Å². The van der Waals surface area contributed by atoms with Crippen molar-refractivity contribution in [3.63, 3.8) is 0 Å². The Morgan fingerprint density at radius 2 is 1.87 bits per heavy atom. The van der Waals surface area contributed by atoms with E-state index in [0.29, 0.717) is 17.8 Å². The fourth-order valence-corrected chi connectivity index (χ4v) is 3.38. The highest BCUT2D eigenvalue weighted by molar-refractivity contribution is 9.10. The van der Waals surface area contributed by atoms with E-state index in [1.54, 1.807) is 35.1 Å². The van der Waals surface area contributed by atoms with Crippen molar-refractivity contribution in [1.29, 1.82) is 0 Å². The number of halogens is 1. The Balaban J connectivity index is 1.41. The molecule has 0 aliphatic carbocycles. The van der Waals surface area contributed by atoms with E-state index in [0.717, 1.165) is 21.4 Å². The summed E-state index contributed by atoms with van der Waals surface area (Å²) in [6.07, 6.45) is 3.01. The highest BCUT2D eigenvalue weighted by Gasteiger charge is 2.15. The Morgan fingerprint density at radius 1 is 1.06 bits per heavy atom. The minimum absolute atomic E-state index is 0.217. The number of furan rings is 1. The second-order valence-electron chi connectivity index (χ2n) is 6.85. The lowest BCUT2D eigenvalue weighted by atomic mass is 10.2. The van der Waals surface area contributed by atoms with Crippen LogP contribution in [0.25, 0.3) is 5.69 Å². The lowest BCUT2D eigenvalue weighted by molar-refractivity contribution is 0.0948. The summed E-state index contributed by atoms with van der Waals surface area (Å²) in [7, 11) is 0. The third-order valence-corrected chi connectivity index (χ3v) is 5.24. The van der Waals surface area contributed by atoms with Gasteiger partial charge in [0.15, 0.2) is 5.76 Å². The maximum absolute atomic E-state index is 12.7. The molecule has 0 saturated heterocycles. The average molecular weight is 479 g/mol. The van der Waals surface area contributed by atoms with Crippen LogP contribution in [-0.4, -0.2) is 21.6 Å². The van der Waals surface area contributed by atoms with Crippen molar-refractivity contribution in [1.82, 2.24) is 15.1 Å². The first kappa shape index (κ1) is 20.6. The molecule has 0 aliphatic rings. The van der Waals surface area contributed by atoms with E-state index in [2.05, 4.69) is 31.7 Å². The van der Waals surface area contributed by atoms with E-state index in [9.17, 15) is 9.59 Å². The summed E-state index contributed by atoms with van der Waals surface area (Å²) < 4.78 is 7.80. The quantitative estimate of drug-likeness (QED) is 0.419. The van der Waals surface area contributed by atoms with Crippen LogP contribution in [-0.2, 0) is 6.54 Å². The maximum Gasteiger partial charge on any atom is 0.291 e. The summed E-state index contributed by atoms with van der Waals surface area (Å²) in [6, 6.07) is 18.2. The molecule has 0 saturated carbocycles. The van der Waals surface area contributed by atoms with Crippen LogP contribution >= 0.6 is 15.9 Å². The molecule has 2 aromatic carbocycles. The zero-order valence-electron chi connectivity index (χ0n) is 16.6. The number of rotatable bonds is 6. The molecule has 0 radical (unpaired) electrons. The number of anilines is 1. The van der Waals surface area contributed by atoms with Gasteiger partial charge in [-0.3, -0.25) is 9.59 Å². The van der Waals surface area contributed by atoms with Gasteiger partial charge in [0.05, 0.1) is 29.4 Å². The minimum atomic E-state index is -0.331. The fraction of sp³-hybridized carbons (Fsp3) is 0.0870. The Morgan fingerprint density at radius 3 is 2.61 bits per heavy atom. The van der Waals surface area contributed by atoms with E-state index in [4.69, 9.17) is 4.42 Å². The van der Waals surface area contributed by atoms with Crippen LogP contribution < -0.4 is 10.6 Å². The number of aromatic nitrogens is 2. The first-order chi connectivity index (χ1) is 15.0. The molecule has 0 aliphatic heterocycles. The molecule has 0 fully saturated rings. The third-order valence-electron chi connectivity index (χ3n) is 4.71. The topological polar surface area (TPSA) is 89.2 Å². The molecule has 0 bridgehead atoms. The van der Waals surface area contributed by atoms with E-state index in [1.807, 2.05) is 43.3 Å². The first-order valence-electron chi connectivity index (χ1n) is 9.54. The number of nitrogens with one attached hydrogen (secondary N) is 2. The molecule has 0 unspecified atom stereocenters. The fourth-order valence-electron chi connectivity index (χ4n) is 3.11. The molecule has 2 amide bonds. The van der Waals surface area contributed by atoms with Crippen LogP contribution in [0.4, 0.5) is 5.69 Å². The van der Waals surface area contributed by atoms with E-state index in [-0.39, 0.29) is 17.6 Å². The minimum Gasteiger partial charge on any atom is -0.459 e. The lowest BCUT2D eigenvalue weighted by Crippen LogP contribution is -2.23. The largest absolute Gasteiger partial charge is 0.459 e. The Kier molecular flexibility index (Phi) is 5.99. The second-order valence-corrected chi connectivity index (χ2v) is 7.76. The van der Waals surface area contributed by atoms with Crippen LogP contribution in [0.1, 0.15) is 32.2 Å². The number of carbonyl (C=O) groups excluding carboxylic acids is 2. The lowest BCUT2D eigenvalue weighted by Gasteiger charge is -2.09. The van der Waals surface area contributed by atoms with Gasteiger partial charge >= 0.3 is 0 Å². The van der Waals surface area contributed by atoms with Crippen molar-refractivity contribution in [2.24, 2.45) is 0 Å². The van der Waals surface area contributed by atoms with Crippen LogP contribution in [0, 0.1) is 6.92 Å². The summed E-state index contributed by atoms with van der Waals surface area (Å²) >= 11 is 3.41. The zero-order valence-corrected chi connectivity index (χ0v) is 18.2. The molecule has 156 valence electrons. The smallest absolute Gasteiger partial charge is 0.291 e. The van der Waals surface area contributed by atoms with Gasteiger partial charge in [-0.2, -0.15) is 5.10 Å². The summed E-state index contributed by atoms with van der Waals surface area (Å²) in [4.78, 5) is 24.8. The summed E-state index contributed by atoms with van der Waals surface area (Å²) in [5.74, 6) is -0.315. The van der Waals surface area contributed by atoms with Gasteiger partial charge in [0.2, 0.25) is 0 Å². The molecule has 4 aromatic rings. The van der Waals surface area contributed by atoms with Gasteiger partial charge in [0.1, 0.15) is 0 Å². The van der Waals surface area contributed by atoms with Crippen LogP contribution in [0.3, 0.4) is 0 Å². The van der Waals surface area contributed by atoms with Crippen molar-refractivity contribution >= 4 is 33.4 Å². The Labute approximate surface area is 187 Å². The van der Waals surface area contributed by atoms with Crippen molar-refractivity contribution in [3.8, 4) is 5.69 Å². The monoisotopic (exact) mass is 478 g/mol. The zero-order chi connectivity index (χ0) is 21.8. The number of nitrogens with zero attached hydrogens (tertiary/aromatic N) is 2. The molecular weight excluding hydrogens is 460 g/mol.